The van der Waals surface area contributed by atoms with Gasteiger partial charge in [0.25, 0.3) is 0 Å². The van der Waals surface area contributed by atoms with Gasteiger partial charge in [0.15, 0.2) is 0 Å². The third-order valence-corrected chi connectivity index (χ3v) is 4.81. The van der Waals surface area contributed by atoms with E-state index in [1.54, 1.807) is 25.1 Å². The molecule has 1 aromatic carbocycles. The van der Waals surface area contributed by atoms with E-state index in [0.29, 0.717) is 34.5 Å². The average Bonchev–Trinajstić information content (AvgIpc) is 2.25. The Morgan fingerprint density at radius 3 is 2.39 bits per heavy atom. The normalized spacial score (nSPS) is 13.8. The maximum Gasteiger partial charge on any atom is 0.240 e. The molecule has 0 amide bonds. The van der Waals surface area contributed by atoms with Gasteiger partial charge in [0.2, 0.25) is 10.0 Å². The topological polar surface area (TPSA) is 72.2 Å². The second-order valence-corrected chi connectivity index (χ2v) is 6.83. The predicted molar refractivity (Wildman–Crippen MR) is 74.8 cm³/mol. The van der Waals surface area contributed by atoms with E-state index < -0.39 is 10.0 Å². The van der Waals surface area contributed by atoms with Crippen molar-refractivity contribution in [1.82, 2.24) is 4.72 Å². The number of nitrogens with two attached hydrogens (primary N) is 1. The summed E-state index contributed by atoms with van der Waals surface area (Å²) in [5.74, 6) is 0.745. The van der Waals surface area contributed by atoms with Crippen LogP contribution in [-0.2, 0) is 10.0 Å². The minimum atomic E-state index is -3.44. The number of hydrogen-bond donors (Lipinski definition) is 2. The van der Waals surface area contributed by atoms with E-state index in [-0.39, 0.29) is 0 Å². The number of benzene rings is 1. The van der Waals surface area contributed by atoms with Crippen molar-refractivity contribution in [2.45, 2.75) is 32.6 Å². The van der Waals surface area contributed by atoms with Crippen LogP contribution >= 0.6 is 0 Å². The third-order valence-electron chi connectivity index (χ3n) is 3.22. The summed E-state index contributed by atoms with van der Waals surface area (Å²) in [5.41, 5.74) is 6.86. The van der Waals surface area contributed by atoms with Gasteiger partial charge in [-0.1, -0.05) is 20.8 Å². The second-order valence-electron chi connectivity index (χ2n) is 5.10. The maximum absolute atomic E-state index is 12.1. The predicted octanol–water partition coefficient (Wildman–Crippen LogP) is 2.15. The number of hydrogen-bond acceptors (Lipinski definition) is 3. The lowest BCUT2D eigenvalue weighted by atomic mass is 9.99. The lowest BCUT2D eigenvalue weighted by molar-refractivity contribution is 0.414. The molecule has 0 radical (unpaired) electrons. The van der Waals surface area contributed by atoms with Crippen molar-refractivity contribution in [3.05, 3.63) is 23.8 Å². The second kappa shape index (κ2) is 5.71. The molecule has 4 nitrogen and oxygen atoms in total. The van der Waals surface area contributed by atoms with Gasteiger partial charge >= 0.3 is 0 Å². The average molecular weight is 270 g/mol. The standard InChI is InChI=1S/C13H22N2O2S/c1-9(2)11(4)8-15-18(16,17)13-6-5-12(14)7-10(13)3/h5-7,9,11,15H,8,14H2,1-4H3. The number of aryl methyl sites for hydroxylation is 1. The van der Waals surface area contributed by atoms with Crippen LogP contribution in [0.25, 0.3) is 0 Å². The van der Waals surface area contributed by atoms with Crippen molar-refractivity contribution >= 4 is 15.7 Å². The Balaban J connectivity index is 2.87. The molecule has 0 aliphatic heterocycles. The van der Waals surface area contributed by atoms with Crippen molar-refractivity contribution in [1.29, 1.82) is 0 Å². The first-order valence-corrected chi connectivity index (χ1v) is 7.58. The Labute approximate surface area is 110 Å². The zero-order valence-electron chi connectivity index (χ0n) is 11.4. The Kier molecular flexibility index (Phi) is 4.76. The van der Waals surface area contributed by atoms with Crippen LogP contribution in [0.15, 0.2) is 23.1 Å². The van der Waals surface area contributed by atoms with E-state index in [9.17, 15) is 8.42 Å². The zero-order valence-corrected chi connectivity index (χ0v) is 12.2. The molecule has 18 heavy (non-hydrogen) atoms. The molecule has 0 aliphatic carbocycles. The molecule has 0 spiro atoms. The first kappa shape index (κ1) is 15.0. The number of rotatable bonds is 5. The van der Waals surface area contributed by atoms with Crippen LogP contribution in [0.5, 0.6) is 0 Å². The quantitative estimate of drug-likeness (QED) is 0.805. The third kappa shape index (κ3) is 3.71. The number of nitrogen functional groups attached to an aromatic ring is 1. The van der Waals surface area contributed by atoms with Crippen molar-refractivity contribution in [3.63, 3.8) is 0 Å². The van der Waals surface area contributed by atoms with Crippen molar-refractivity contribution in [3.8, 4) is 0 Å². The van der Waals surface area contributed by atoms with E-state index >= 15 is 0 Å². The molecule has 5 heteroatoms. The van der Waals surface area contributed by atoms with Crippen LogP contribution in [0.2, 0.25) is 0 Å². The maximum atomic E-state index is 12.1. The molecule has 1 rings (SSSR count). The van der Waals surface area contributed by atoms with Crippen molar-refractivity contribution < 1.29 is 8.42 Å². The number of sulfonamides is 1. The largest absolute Gasteiger partial charge is 0.399 e. The molecule has 3 N–H and O–H groups in total. The van der Waals surface area contributed by atoms with Gasteiger partial charge in [-0.15, -0.1) is 0 Å². The Hall–Kier alpha value is -1.07. The highest BCUT2D eigenvalue weighted by atomic mass is 32.2. The van der Waals surface area contributed by atoms with Crippen LogP contribution in [0.1, 0.15) is 26.3 Å². The lowest BCUT2D eigenvalue weighted by Crippen LogP contribution is -2.30. The Morgan fingerprint density at radius 2 is 1.89 bits per heavy atom. The van der Waals surface area contributed by atoms with Gasteiger partial charge in [-0.3, -0.25) is 0 Å². The summed E-state index contributed by atoms with van der Waals surface area (Å²) >= 11 is 0. The zero-order chi connectivity index (χ0) is 13.9. The fourth-order valence-corrected chi connectivity index (χ4v) is 2.90. The number of nitrogens with one attached hydrogen (secondary N) is 1. The highest BCUT2D eigenvalue weighted by molar-refractivity contribution is 7.89. The smallest absolute Gasteiger partial charge is 0.240 e. The summed E-state index contributed by atoms with van der Waals surface area (Å²) in [5, 5.41) is 0. The van der Waals surface area contributed by atoms with E-state index in [2.05, 4.69) is 18.6 Å². The summed E-state index contributed by atoms with van der Waals surface area (Å²) in [7, 11) is -3.44. The van der Waals surface area contributed by atoms with E-state index in [0.717, 1.165) is 0 Å². The molecule has 0 bridgehead atoms. The molecule has 1 aromatic rings. The van der Waals surface area contributed by atoms with Crippen LogP contribution in [-0.4, -0.2) is 15.0 Å². The molecule has 1 unspecified atom stereocenters. The van der Waals surface area contributed by atoms with Gasteiger partial charge < -0.3 is 5.73 Å². The molecule has 0 saturated carbocycles. The van der Waals surface area contributed by atoms with Crippen molar-refractivity contribution in [2.75, 3.05) is 12.3 Å². The van der Waals surface area contributed by atoms with Crippen LogP contribution in [0.3, 0.4) is 0 Å². The monoisotopic (exact) mass is 270 g/mol. The van der Waals surface area contributed by atoms with Crippen molar-refractivity contribution in [2.24, 2.45) is 11.8 Å². The first-order valence-electron chi connectivity index (χ1n) is 6.10. The molecule has 102 valence electrons. The van der Waals surface area contributed by atoms with Crippen LogP contribution in [0.4, 0.5) is 5.69 Å². The van der Waals surface area contributed by atoms with Gasteiger partial charge in [0, 0.05) is 12.2 Å². The minimum Gasteiger partial charge on any atom is -0.399 e. The van der Waals surface area contributed by atoms with Gasteiger partial charge in [-0.25, -0.2) is 13.1 Å². The number of anilines is 1. The molecular formula is C13H22N2O2S. The summed E-state index contributed by atoms with van der Waals surface area (Å²) in [6.45, 7) is 8.38. The summed E-state index contributed by atoms with van der Waals surface area (Å²) in [6.07, 6.45) is 0. The summed E-state index contributed by atoms with van der Waals surface area (Å²) in [6, 6.07) is 4.82. The van der Waals surface area contributed by atoms with E-state index in [1.165, 1.54) is 0 Å². The Morgan fingerprint density at radius 1 is 1.28 bits per heavy atom. The molecule has 0 aromatic heterocycles. The molecular weight excluding hydrogens is 248 g/mol. The highest BCUT2D eigenvalue weighted by Gasteiger charge is 2.18. The van der Waals surface area contributed by atoms with Gasteiger partial charge in [0.05, 0.1) is 4.90 Å². The summed E-state index contributed by atoms with van der Waals surface area (Å²) < 4.78 is 26.9. The molecule has 0 saturated heterocycles. The van der Waals surface area contributed by atoms with Gasteiger partial charge in [-0.2, -0.15) is 0 Å². The fourth-order valence-electron chi connectivity index (χ4n) is 1.53. The summed E-state index contributed by atoms with van der Waals surface area (Å²) in [4.78, 5) is 0.299. The van der Waals surface area contributed by atoms with E-state index in [1.807, 2.05) is 6.92 Å². The molecule has 0 heterocycles. The van der Waals surface area contributed by atoms with E-state index in [4.69, 9.17) is 5.73 Å². The Bertz CT molecular complexity index is 510. The molecule has 0 aliphatic rings. The van der Waals surface area contributed by atoms with Gasteiger partial charge in [0.1, 0.15) is 0 Å². The van der Waals surface area contributed by atoms with Crippen LogP contribution in [0, 0.1) is 18.8 Å². The lowest BCUT2D eigenvalue weighted by Gasteiger charge is -2.17. The molecule has 0 fully saturated rings. The minimum absolute atomic E-state index is 0.299. The molecule has 1 atom stereocenters. The van der Waals surface area contributed by atoms with Gasteiger partial charge in [-0.05, 0) is 42.5 Å². The SMILES string of the molecule is Cc1cc(N)ccc1S(=O)(=O)NCC(C)C(C)C. The van der Waals surface area contributed by atoms with Crippen LogP contribution < -0.4 is 10.5 Å². The fraction of sp³-hybridized carbons (Fsp3) is 0.538. The highest BCUT2D eigenvalue weighted by Crippen LogP contribution is 2.18. The first-order chi connectivity index (χ1) is 8.24.